The zero-order valence-corrected chi connectivity index (χ0v) is 18.1. The van der Waals surface area contributed by atoms with Crippen LogP contribution in [-0.2, 0) is 4.79 Å². The first-order chi connectivity index (χ1) is 14.9. The van der Waals surface area contributed by atoms with Crippen LogP contribution in [0.3, 0.4) is 0 Å². The summed E-state index contributed by atoms with van der Waals surface area (Å²) in [5, 5.41) is 4.56. The van der Waals surface area contributed by atoms with E-state index in [1.165, 1.54) is 17.2 Å². The van der Waals surface area contributed by atoms with Crippen LogP contribution in [0.2, 0.25) is 0 Å². The van der Waals surface area contributed by atoms with E-state index in [0.717, 1.165) is 48.5 Å². The number of carbonyl (C=O) groups excluding carboxylic acids is 1. The van der Waals surface area contributed by atoms with Crippen LogP contribution >= 0.6 is 0 Å². The van der Waals surface area contributed by atoms with Gasteiger partial charge in [-0.1, -0.05) is 24.3 Å². The molecule has 3 heterocycles. The molecule has 1 aliphatic carbocycles. The fraction of sp³-hybridized carbons (Fsp3) is 0.333. The van der Waals surface area contributed by atoms with Crippen LogP contribution in [0.15, 0.2) is 58.5 Å². The van der Waals surface area contributed by atoms with E-state index in [4.69, 9.17) is 0 Å². The lowest BCUT2D eigenvalue weighted by Crippen LogP contribution is -2.39. The van der Waals surface area contributed by atoms with Crippen LogP contribution in [0.5, 0.6) is 0 Å². The first kappa shape index (κ1) is 19.8. The van der Waals surface area contributed by atoms with Gasteiger partial charge in [0.2, 0.25) is 5.91 Å². The van der Waals surface area contributed by atoms with Gasteiger partial charge in [0, 0.05) is 75.3 Å². The lowest BCUT2D eigenvalue weighted by atomic mass is 9.88. The monoisotopic (exact) mass is 419 g/mol. The third-order valence-electron chi connectivity index (χ3n) is 6.29. The molecule has 0 saturated carbocycles. The van der Waals surface area contributed by atoms with Crippen molar-refractivity contribution in [2.45, 2.75) is 6.42 Å². The molecule has 1 aromatic carbocycles. The van der Waals surface area contributed by atoms with Crippen molar-refractivity contribution in [3.05, 3.63) is 70.1 Å². The zero-order chi connectivity index (χ0) is 21.7. The van der Waals surface area contributed by atoms with Crippen molar-refractivity contribution in [2.75, 3.05) is 47.3 Å². The van der Waals surface area contributed by atoms with Gasteiger partial charge in [0.1, 0.15) is 5.83 Å². The molecule has 5 rings (SSSR count). The Morgan fingerprint density at radius 2 is 2.10 bits per heavy atom. The third-order valence-corrected chi connectivity index (χ3v) is 6.29. The van der Waals surface area contributed by atoms with Gasteiger partial charge in [-0.05, 0) is 17.6 Å². The number of rotatable bonds is 3. The lowest BCUT2D eigenvalue weighted by molar-refractivity contribution is -0.129. The summed E-state index contributed by atoms with van der Waals surface area (Å²) in [4.78, 5) is 18.0. The SMILES string of the molecule is CN1C=C2C(=C(C3=CCN(CC(=O)N(C)C)CC3)C1)NN=C1C=C(F)c3cccc2c31. The summed E-state index contributed by atoms with van der Waals surface area (Å²) >= 11 is 0. The van der Waals surface area contributed by atoms with Crippen LogP contribution in [0.1, 0.15) is 23.1 Å². The van der Waals surface area contributed by atoms with Crippen LogP contribution in [-0.4, -0.2) is 73.6 Å². The van der Waals surface area contributed by atoms with Crippen molar-refractivity contribution in [1.82, 2.24) is 20.1 Å². The van der Waals surface area contributed by atoms with E-state index in [1.54, 1.807) is 19.0 Å². The van der Waals surface area contributed by atoms with Gasteiger partial charge in [-0.25, -0.2) is 4.39 Å². The average molecular weight is 420 g/mol. The molecular weight excluding hydrogens is 393 g/mol. The second kappa shape index (κ2) is 7.50. The van der Waals surface area contributed by atoms with Crippen molar-refractivity contribution in [3.8, 4) is 0 Å². The topological polar surface area (TPSA) is 51.2 Å². The molecule has 0 unspecified atom stereocenters. The van der Waals surface area contributed by atoms with Crippen molar-refractivity contribution in [3.63, 3.8) is 0 Å². The normalized spacial score (nSPS) is 20.1. The summed E-state index contributed by atoms with van der Waals surface area (Å²) in [7, 11) is 5.64. The number of hydrogen-bond acceptors (Lipinski definition) is 5. The third kappa shape index (κ3) is 3.39. The summed E-state index contributed by atoms with van der Waals surface area (Å²) in [6.45, 7) is 2.80. The van der Waals surface area contributed by atoms with Crippen LogP contribution in [0.4, 0.5) is 4.39 Å². The first-order valence-corrected chi connectivity index (χ1v) is 10.5. The Balaban J connectivity index is 1.51. The Labute approximate surface area is 181 Å². The van der Waals surface area contributed by atoms with Gasteiger partial charge in [0.15, 0.2) is 0 Å². The summed E-state index contributed by atoms with van der Waals surface area (Å²) in [6, 6.07) is 5.76. The molecule has 0 aromatic heterocycles. The molecule has 7 heteroatoms. The quantitative estimate of drug-likeness (QED) is 0.818. The highest BCUT2D eigenvalue weighted by Gasteiger charge is 2.32. The second-order valence-electron chi connectivity index (χ2n) is 8.64. The van der Waals surface area contributed by atoms with E-state index in [2.05, 4.69) is 39.7 Å². The maximum Gasteiger partial charge on any atom is 0.236 e. The van der Waals surface area contributed by atoms with Crippen LogP contribution in [0.25, 0.3) is 11.4 Å². The lowest BCUT2D eigenvalue weighted by Gasteiger charge is -2.32. The predicted octanol–water partition coefficient (Wildman–Crippen LogP) is 2.58. The van der Waals surface area contributed by atoms with Gasteiger partial charge >= 0.3 is 0 Å². The number of amides is 1. The predicted molar refractivity (Wildman–Crippen MR) is 121 cm³/mol. The molecule has 4 aliphatic rings. The Kier molecular flexibility index (Phi) is 4.78. The Morgan fingerprint density at radius 1 is 1.29 bits per heavy atom. The Morgan fingerprint density at radius 3 is 2.84 bits per heavy atom. The van der Waals surface area contributed by atoms with E-state index >= 15 is 0 Å². The smallest absolute Gasteiger partial charge is 0.236 e. The maximum absolute atomic E-state index is 14.4. The average Bonchev–Trinajstić information content (AvgIpc) is 2.99. The minimum Gasteiger partial charge on any atom is -0.375 e. The molecule has 0 atom stereocenters. The van der Waals surface area contributed by atoms with Crippen LogP contribution < -0.4 is 5.43 Å². The fourth-order valence-electron chi connectivity index (χ4n) is 4.60. The Hall–Kier alpha value is -3.19. The number of hydrogen-bond donors (Lipinski definition) is 1. The van der Waals surface area contributed by atoms with Gasteiger partial charge in [-0.2, -0.15) is 5.10 Å². The summed E-state index contributed by atoms with van der Waals surface area (Å²) in [5.41, 5.74) is 10.9. The zero-order valence-electron chi connectivity index (χ0n) is 18.1. The molecule has 3 aliphatic heterocycles. The van der Waals surface area contributed by atoms with Gasteiger partial charge in [-0.15, -0.1) is 0 Å². The molecule has 160 valence electrons. The van der Waals surface area contributed by atoms with Crippen molar-refractivity contribution in [2.24, 2.45) is 5.10 Å². The minimum atomic E-state index is -0.239. The highest BCUT2D eigenvalue weighted by molar-refractivity contribution is 6.21. The van der Waals surface area contributed by atoms with Gasteiger partial charge in [0.25, 0.3) is 0 Å². The van der Waals surface area contributed by atoms with Gasteiger partial charge < -0.3 is 9.80 Å². The standard InChI is InChI=1S/C24H26FN5O/c1-28(2)22(31)14-30-9-7-15(8-10-30)18-12-29(3)13-19-16-5-4-6-17-20(25)11-21(23(16)17)26-27-24(18)19/h4-7,11,13,27H,8-10,12,14H2,1-3H3. The molecular formula is C24H26FN5O. The molecule has 31 heavy (non-hydrogen) atoms. The highest BCUT2D eigenvalue weighted by atomic mass is 19.1. The van der Waals surface area contributed by atoms with E-state index in [-0.39, 0.29) is 11.7 Å². The summed E-state index contributed by atoms with van der Waals surface area (Å²) < 4.78 is 14.4. The van der Waals surface area contributed by atoms with Crippen LogP contribution in [0, 0.1) is 0 Å². The number of carbonyl (C=O) groups is 1. The molecule has 0 saturated heterocycles. The molecule has 1 N–H and O–H groups in total. The number of allylic oxidation sites excluding steroid dienone is 2. The largest absolute Gasteiger partial charge is 0.375 e. The first-order valence-electron chi connectivity index (χ1n) is 10.5. The molecule has 1 amide bonds. The number of nitrogens with zero attached hydrogens (tertiary/aromatic N) is 4. The molecule has 0 bridgehead atoms. The van der Waals surface area contributed by atoms with Gasteiger partial charge in [0.05, 0.1) is 18.0 Å². The molecule has 0 spiro atoms. The number of likely N-dealkylation sites (N-methyl/N-ethyl adjacent to an activating group) is 2. The van der Waals surface area contributed by atoms with E-state index in [9.17, 15) is 9.18 Å². The Bertz CT molecular complexity index is 1120. The number of benzene rings is 1. The van der Waals surface area contributed by atoms with Crippen molar-refractivity contribution < 1.29 is 9.18 Å². The minimum absolute atomic E-state index is 0.121. The summed E-state index contributed by atoms with van der Waals surface area (Å²) in [5.74, 6) is -0.117. The molecule has 0 fully saturated rings. The highest BCUT2D eigenvalue weighted by Crippen LogP contribution is 2.41. The molecule has 1 aromatic rings. The molecule has 6 nitrogen and oxygen atoms in total. The fourth-order valence-corrected chi connectivity index (χ4v) is 4.60. The second-order valence-corrected chi connectivity index (χ2v) is 8.64. The van der Waals surface area contributed by atoms with E-state index < -0.39 is 0 Å². The summed E-state index contributed by atoms with van der Waals surface area (Å²) in [6.07, 6.45) is 6.72. The number of hydrazone groups is 1. The molecule has 0 radical (unpaired) electrons. The van der Waals surface area contributed by atoms with E-state index in [1.807, 2.05) is 18.2 Å². The van der Waals surface area contributed by atoms with Crippen molar-refractivity contribution in [1.29, 1.82) is 0 Å². The number of fused-ring (bicyclic) bond motifs is 2. The maximum atomic E-state index is 14.4. The van der Waals surface area contributed by atoms with E-state index in [0.29, 0.717) is 17.8 Å². The van der Waals surface area contributed by atoms with Crippen molar-refractivity contribution >= 4 is 23.0 Å². The number of halogens is 1. The van der Waals surface area contributed by atoms with Gasteiger partial charge in [-0.3, -0.25) is 15.1 Å². The number of nitrogens with one attached hydrogen (secondary N) is 1.